The van der Waals surface area contributed by atoms with Crippen molar-refractivity contribution >= 4 is 0 Å². The van der Waals surface area contributed by atoms with E-state index in [0.717, 1.165) is 0 Å². The van der Waals surface area contributed by atoms with Crippen molar-refractivity contribution in [2.45, 2.75) is 13.2 Å². The molecule has 0 atom stereocenters. The van der Waals surface area contributed by atoms with Crippen LogP contribution in [0.5, 0.6) is 5.75 Å². The lowest BCUT2D eigenvalue weighted by molar-refractivity contribution is -0.0498. The van der Waals surface area contributed by atoms with Gasteiger partial charge < -0.3 is 15.0 Å². The minimum Gasteiger partial charge on any atom is -0.435 e. The van der Waals surface area contributed by atoms with Crippen LogP contribution in [0.2, 0.25) is 0 Å². The molecular weight excluding hydrogens is 232 g/mol. The van der Waals surface area contributed by atoms with Crippen LogP contribution in [0.1, 0.15) is 5.82 Å². The van der Waals surface area contributed by atoms with Crippen LogP contribution in [-0.2, 0) is 6.54 Å². The van der Waals surface area contributed by atoms with Crippen molar-refractivity contribution < 1.29 is 18.0 Å². The highest BCUT2D eigenvalue weighted by molar-refractivity contribution is 5.55. The minimum absolute atomic E-state index is 0.0324. The summed E-state index contributed by atoms with van der Waals surface area (Å²) < 4.78 is 33.2. The zero-order valence-corrected chi connectivity index (χ0v) is 8.64. The predicted octanol–water partition coefficient (Wildman–Crippen LogP) is 1.80. The minimum atomic E-state index is -2.87. The average Bonchev–Trinajstić information content (AvgIpc) is 2.77. The van der Waals surface area contributed by atoms with Crippen molar-refractivity contribution in [1.29, 1.82) is 0 Å². The molecule has 0 saturated carbocycles. The highest BCUT2D eigenvalue weighted by Crippen LogP contribution is 2.23. The molecule has 17 heavy (non-hydrogen) atoms. The molecule has 2 rings (SSSR count). The fourth-order valence-corrected chi connectivity index (χ4v) is 1.26. The molecule has 0 aliphatic heterocycles. The van der Waals surface area contributed by atoms with Gasteiger partial charge >= 0.3 is 6.61 Å². The Morgan fingerprint density at radius 2 is 2.24 bits per heavy atom. The molecule has 2 N–H and O–H groups in total. The van der Waals surface area contributed by atoms with Crippen LogP contribution in [0, 0.1) is 0 Å². The van der Waals surface area contributed by atoms with Crippen LogP contribution < -0.4 is 10.5 Å². The molecule has 1 heterocycles. The van der Waals surface area contributed by atoms with Crippen molar-refractivity contribution in [2.75, 3.05) is 0 Å². The van der Waals surface area contributed by atoms with Crippen LogP contribution in [0.25, 0.3) is 11.5 Å². The standard InChI is InChI=1S/C10H9F2N3O2/c11-10(12)16-7-3-1-2-6(4-7)9-14-8(5-13)15-17-9/h1-4,10H,5,13H2. The molecule has 1 aromatic carbocycles. The maximum atomic E-state index is 12.0. The predicted molar refractivity (Wildman–Crippen MR) is 54.3 cm³/mol. The monoisotopic (exact) mass is 241 g/mol. The summed E-state index contributed by atoms with van der Waals surface area (Å²) in [6.07, 6.45) is 0. The Bertz CT molecular complexity index is 502. The summed E-state index contributed by atoms with van der Waals surface area (Å²) in [6, 6.07) is 6.00. The van der Waals surface area contributed by atoms with Gasteiger partial charge in [-0.3, -0.25) is 0 Å². The molecule has 0 spiro atoms. The van der Waals surface area contributed by atoms with Gasteiger partial charge in [0.15, 0.2) is 5.82 Å². The van der Waals surface area contributed by atoms with E-state index in [0.29, 0.717) is 11.4 Å². The third-order valence-corrected chi connectivity index (χ3v) is 1.96. The zero-order valence-electron chi connectivity index (χ0n) is 8.64. The van der Waals surface area contributed by atoms with Gasteiger partial charge in [-0.05, 0) is 18.2 Å². The average molecular weight is 241 g/mol. The summed E-state index contributed by atoms with van der Waals surface area (Å²) in [6.45, 7) is -2.72. The third-order valence-electron chi connectivity index (χ3n) is 1.96. The lowest BCUT2D eigenvalue weighted by Gasteiger charge is -2.04. The fraction of sp³-hybridized carbons (Fsp3) is 0.200. The first-order valence-electron chi connectivity index (χ1n) is 4.77. The van der Waals surface area contributed by atoms with E-state index in [9.17, 15) is 8.78 Å². The van der Waals surface area contributed by atoms with Gasteiger partial charge in [-0.2, -0.15) is 13.8 Å². The number of hydrogen-bond donors (Lipinski definition) is 1. The molecule has 0 aliphatic carbocycles. The SMILES string of the molecule is NCc1noc(-c2cccc(OC(F)F)c2)n1. The van der Waals surface area contributed by atoms with Crippen LogP contribution >= 0.6 is 0 Å². The summed E-state index contributed by atoms with van der Waals surface area (Å²) in [4.78, 5) is 3.97. The van der Waals surface area contributed by atoms with E-state index in [-0.39, 0.29) is 18.2 Å². The molecule has 90 valence electrons. The number of halogens is 2. The van der Waals surface area contributed by atoms with Crippen molar-refractivity contribution in [3.63, 3.8) is 0 Å². The molecule has 2 aromatic rings. The Hall–Kier alpha value is -2.02. The Kier molecular flexibility index (Phi) is 3.29. The second kappa shape index (κ2) is 4.88. The van der Waals surface area contributed by atoms with Gasteiger partial charge in [0.05, 0.1) is 6.54 Å². The fourth-order valence-electron chi connectivity index (χ4n) is 1.26. The summed E-state index contributed by atoms with van der Waals surface area (Å²) in [7, 11) is 0. The van der Waals surface area contributed by atoms with Gasteiger partial charge in [-0.1, -0.05) is 11.2 Å². The molecule has 5 nitrogen and oxygen atoms in total. The van der Waals surface area contributed by atoms with Crippen molar-refractivity contribution in [3.05, 3.63) is 30.1 Å². The normalized spacial score (nSPS) is 10.8. The van der Waals surface area contributed by atoms with E-state index in [1.54, 1.807) is 12.1 Å². The number of ether oxygens (including phenoxy) is 1. The first kappa shape index (κ1) is 11.5. The van der Waals surface area contributed by atoms with E-state index < -0.39 is 6.61 Å². The highest BCUT2D eigenvalue weighted by Gasteiger charge is 2.10. The van der Waals surface area contributed by atoms with Gasteiger partial charge in [0, 0.05) is 5.56 Å². The maximum absolute atomic E-state index is 12.0. The molecular formula is C10H9F2N3O2. The first-order chi connectivity index (χ1) is 8.19. The number of alkyl halides is 2. The number of aromatic nitrogens is 2. The van der Waals surface area contributed by atoms with E-state index in [1.165, 1.54) is 12.1 Å². The maximum Gasteiger partial charge on any atom is 0.387 e. The van der Waals surface area contributed by atoms with E-state index in [4.69, 9.17) is 10.3 Å². The lowest BCUT2D eigenvalue weighted by Crippen LogP contribution is -2.01. The van der Waals surface area contributed by atoms with Gasteiger partial charge in [0.25, 0.3) is 5.89 Å². The molecule has 0 fully saturated rings. The lowest BCUT2D eigenvalue weighted by atomic mass is 10.2. The Balaban J connectivity index is 2.26. The van der Waals surface area contributed by atoms with Gasteiger partial charge in [0.2, 0.25) is 0 Å². The largest absolute Gasteiger partial charge is 0.435 e. The van der Waals surface area contributed by atoms with E-state index in [2.05, 4.69) is 14.9 Å². The molecule has 0 radical (unpaired) electrons. The van der Waals surface area contributed by atoms with Crippen LogP contribution in [0.4, 0.5) is 8.78 Å². The summed E-state index contributed by atoms with van der Waals surface area (Å²) in [5.74, 6) is 0.593. The summed E-state index contributed by atoms with van der Waals surface area (Å²) in [5, 5.41) is 3.60. The third kappa shape index (κ3) is 2.76. The zero-order chi connectivity index (χ0) is 12.3. The summed E-state index contributed by atoms with van der Waals surface area (Å²) in [5.41, 5.74) is 5.82. The smallest absolute Gasteiger partial charge is 0.387 e. The van der Waals surface area contributed by atoms with Crippen molar-refractivity contribution in [3.8, 4) is 17.2 Å². The number of rotatable bonds is 4. The number of hydrogen-bond acceptors (Lipinski definition) is 5. The molecule has 0 bridgehead atoms. The van der Waals surface area contributed by atoms with E-state index >= 15 is 0 Å². The molecule has 7 heteroatoms. The Morgan fingerprint density at radius 3 is 2.88 bits per heavy atom. The number of nitrogens with two attached hydrogens (primary N) is 1. The quantitative estimate of drug-likeness (QED) is 0.883. The van der Waals surface area contributed by atoms with Crippen molar-refractivity contribution in [1.82, 2.24) is 10.1 Å². The van der Waals surface area contributed by atoms with Crippen LogP contribution in [0.15, 0.2) is 28.8 Å². The molecule has 0 amide bonds. The van der Waals surface area contributed by atoms with Crippen LogP contribution in [0.3, 0.4) is 0 Å². The first-order valence-corrected chi connectivity index (χ1v) is 4.77. The molecule has 0 unspecified atom stereocenters. The van der Waals surface area contributed by atoms with Crippen molar-refractivity contribution in [2.24, 2.45) is 5.73 Å². The topological polar surface area (TPSA) is 74.2 Å². The van der Waals surface area contributed by atoms with E-state index in [1.807, 2.05) is 0 Å². The Morgan fingerprint density at radius 1 is 1.41 bits per heavy atom. The Labute approximate surface area is 95.2 Å². The number of nitrogens with zero attached hydrogens (tertiary/aromatic N) is 2. The number of benzene rings is 1. The van der Waals surface area contributed by atoms with Crippen LogP contribution in [-0.4, -0.2) is 16.8 Å². The van der Waals surface area contributed by atoms with Gasteiger partial charge in [0.1, 0.15) is 5.75 Å². The second-order valence-electron chi connectivity index (χ2n) is 3.13. The van der Waals surface area contributed by atoms with Gasteiger partial charge in [-0.15, -0.1) is 0 Å². The molecule has 1 aromatic heterocycles. The highest BCUT2D eigenvalue weighted by atomic mass is 19.3. The second-order valence-corrected chi connectivity index (χ2v) is 3.13. The molecule has 0 aliphatic rings. The van der Waals surface area contributed by atoms with Gasteiger partial charge in [-0.25, -0.2) is 0 Å². The summed E-state index contributed by atoms with van der Waals surface area (Å²) >= 11 is 0. The molecule has 0 saturated heterocycles.